The van der Waals surface area contributed by atoms with Gasteiger partial charge in [-0.15, -0.1) is 0 Å². The van der Waals surface area contributed by atoms with Crippen molar-refractivity contribution >= 4 is 15.6 Å². The van der Waals surface area contributed by atoms with Crippen molar-refractivity contribution in [3.8, 4) is 34.2 Å². The topological polar surface area (TPSA) is 77.3 Å². The van der Waals surface area contributed by atoms with Crippen LogP contribution < -0.4 is 0 Å². The maximum absolute atomic E-state index is 10.7. The van der Waals surface area contributed by atoms with E-state index in [0.717, 1.165) is 34.2 Å². The first kappa shape index (κ1) is 50.6. The number of aryl methyl sites for hydroxylation is 6. The molecular weight excluding hydrogens is 907 g/mol. The van der Waals surface area contributed by atoms with Crippen LogP contribution in [-0.4, -0.2) is 29.9 Å². The standard InChI is InChI=1S/3C12H12N2.2F6P.Ru/c3*1-9-3-5-13-11(7-9)12-8-10(2)4-6-14-12;2*1-7(2,3,4,5)6;/h3*3-8H,1-2H3;;;/q;;;2*-1;. The summed E-state index contributed by atoms with van der Waals surface area (Å²) in [6.45, 7) is 12.3. The van der Waals surface area contributed by atoms with Crippen LogP contribution in [0.5, 0.6) is 0 Å². The summed E-state index contributed by atoms with van der Waals surface area (Å²) in [5.74, 6) is 0. The van der Waals surface area contributed by atoms with Crippen LogP contribution >= 0.6 is 15.6 Å². The van der Waals surface area contributed by atoms with Crippen molar-refractivity contribution in [1.29, 1.82) is 0 Å². The molecule has 0 aromatic carbocycles. The summed E-state index contributed by atoms with van der Waals surface area (Å²) in [5.41, 5.74) is 12.9. The Hall–Kier alpha value is -4.46. The maximum atomic E-state index is 9.87. The van der Waals surface area contributed by atoms with E-state index in [0.29, 0.717) is 0 Å². The molecule has 0 fully saturated rings. The van der Waals surface area contributed by atoms with Crippen LogP contribution in [0, 0.1) is 41.5 Å². The van der Waals surface area contributed by atoms with Gasteiger partial charge in [0, 0.05) is 56.7 Å². The Morgan fingerprint density at radius 2 is 0.386 bits per heavy atom. The number of hydrogen-bond acceptors (Lipinski definition) is 6. The van der Waals surface area contributed by atoms with Crippen molar-refractivity contribution in [2.24, 2.45) is 0 Å². The third-order valence-corrected chi connectivity index (χ3v) is 6.28. The maximum Gasteiger partial charge on any atom is 0 e. The van der Waals surface area contributed by atoms with Crippen LogP contribution in [0.4, 0.5) is 50.4 Å². The number of nitrogens with zero attached hydrogens (tertiary/aromatic N) is 6. The molecule has 0 radical (unpaired) electrons. The van der Waals surface area contributed by atoms with Gasteiger partial charge < -0.3 is 0 Å². The van der Waals surface area contributed by atoms with E-state index in [1.165, 1.54) is 33.4 Å². The van der Waals surface area contributed by atoms with E-state index in [2.05, 4.69) is 71.4 Å². The van der Waals surface area contributed by atoms with Gasteiger partial charge in [-0.3, -0.25) is 29.9 Å². The molecule has 0 amide bonds. The largest absolute Gasteiger partial charge is 0 e. The average Bonchev–Trinajstić information content (AvgIpc) is 3.03. The quantitative estimate of drug-likeness (QED) is 0.0999. The van der Waals surface area contributed by atoms with Gasteiger partial charge in [0.2, 0.25) is 0 Å². The van der Waals surface area contributed by atoms with Crippen LogP contribution in [0.15, 0.2) is 110 Å². The fourth-order valence-electron chi connectivity index (χ4n) is 4.06. The van der Waals surface area contributed by atoms with Crippen LogP contribution in [0.3, 0.4) is 0 Å². The molecule has 6 rings (SSSR count). The zero-order chi connectivity index (χ0) is 42.7. The predicted octanol–water partition coefficient (Wildman–Crippen LogP) is 15.0. The van der Waals surface area contributed by atoms with E-state index >= 15 is 0 Å². The second-order valence-corrected chi connectivity index (χ2v) is 16.1. The molecule has 0 bridgehead atoms. The molecule has 6 heterocycles. The van der Waals surface area contributed by atoms with E-state index in [9.17, 15) is 50.4 Å². The molecular formula is C36H36F12N6P2Ru-2. The zero-order valence-corrected chi connectivity index (χ0v) is 34.4. The first-order valence-electron chi connectivity index (χ1n) is 15.9. The Morgan fingerprint density at radius 1 is 0.281 bits per heavy atom. The molecule has 6 aromatic rings. The summed E-state index contributed by atoms with van der Waals surface area (Å²) >= 11 is 0. The summed E-state index contributed by atoms with van der Waals surface area (Å²) in [6, 6.07) is 24.2. The molecule has 0 aliphatic carbocycles. The Kier molecular flexibility index (Phi) is 16.0. The van der Waals surface area contributed by atoms with Crippen molar-refractivity contribution in [2.45, 2.75) is 41.5 Å². The Balaban J connectivity index is 0.000000367. The normalized spacial score (nSPS) is 13.2. The second kappa shape index (κ2) is 18.0. The van der Waals surface area contributed by atoms with Gasteiger partial charge in [-0.05, 0) is 148 Å². The van der Waals surface area contributed by atoms with E-state index in [1.54, 1.807) is 0 Å². The minimum absolute atomic E-state index is 0. The van der Waals surface area contributed by atoms with E-state index in [4.69, 9.17) is 0 Å². The summed E-state index contributed by atoms with van der Waals surface area (Å²) in [6.07, 6.45) is 10.9. The van der Waals surface area contributed by atoms with Crippen LogP contribution in [0.1, 0.15) is 33.4 Å². The van der Waals surface area contributed by atoms with Gasteiger partial charge in [0.15, 0.2) is 0 Å². The smallest absolute Gasteiger partial charge is 0 e. The number of rotatable bonds is 3. The van der Waals surface area contributed by atoms with Crippen LogP contribution in [0.25, 0.3) is 34.2 Å². The van der Waals surface area contributed by atoms with Crippen molar-refractivity contribution in [3.05, 3.63) is 143 Å². The predicted molar refractivity (Wildman–Crippen MR) is 198 cm³/mol. The first-order valence-corrected chi connectivity index (χ1v) is 19.9. The molecule has 0 unspecified atom stereocenters. The fourth-order valence-corrected chi connectivity index (χ4v) is 4.06. The molecule has 0 saturated carbocycles. The molecule has 314 valence electrons. The van der Waals surface area contributed by atoms with Gasteiger partial charge in [-0.1, -0.05) is 0 Å². The second-order valence-electron chi connectivity index (χ2n) is 12.2. The van der Waals surface area contributed by atoms with E-state index < -0.39 is 15.6 Å². The molecule has 6 nitrogen and oxygen atoms in total. The number of aromatic nitrogens is 6. The minimum atomic E-state index is -10.7. The number of hydrogen-bond donors (Lipinski definition) is 0. The van der Waals surface area contributed by atoms with Crippen molar-refractivity contribution < 1.29 is 69.8 Å². The molecule has 0 saturated heterocycles. The summed E-state index contributed by atoms with van der Waals surface area (Å²) in [4.78, 5) is 25.7. The van der Waals surface area contributed by atoms with E-state index in [-0.39, 0.29) is 19.5 Å². The molecule has 21 heteroatoms. The van der Waals surface area contributed by atoms with Crippen molar-refractivity contribution in [1.82, 2.24) is 29.9 Å². The van der Waals surface area contributed by atoms with Gasteiger partial charge in [0.25, 0.3) is 0 Å². The van der Waals surface area contributed by atoms with Gasteiger partial charge in [0.05, 0.1) is 34.2 Å². The summed E-state index contributed by atoms with van der Waals surface area (Å²) < 4.78 is 118. The number of halogens is 12. The Morgan fingerprint density at radius 3 is 0.474 bits per heavy atom. The van der Waals surface area contributed by atoms with Crippen LogP contribution in [0.2, 0.25) is 0 Å². The molecule has 0 aliphatic rings. The SMILES string of the molecule is Cc1ccnc(-c2cc(C)ccn2)c1.Cc1ccnc(-c2cc(C)ccn2)c1.Cc1ccnc(-c2cc(C)ccn2)c1.F[P-](F)(F)(F)(F)F.F[P-](F)(F)(F)(F)F.[Ru]. The molecule has 0 aliphatic heterocycles. The van der Waals surface area contributed by atoms with Crippen molar-refractivity contribution in [2.75, 3.05) is 0 Å². The summed E-state index contributed by atoms with van der Waals surface area (Å²) in [7, 11) is -21.3. The summed E-state index contributed by atoms with van der Waals surface area (Å²) in [5, 5.41) is 0. The number of pyridine rings is 6. The fraction of sp³-hybridized carbons (Fsp3) is 0.167. The monoisotopic (exact) mass is 944 g/mol. The molecule has 0 N–H and O–H groups in total. The van der Waals surface area contributed by atoms with Crippen LogP contribution in [-0.2, 0) is 19.5 Å². The third kappa shape index (κ3) is 27.7. The van der Waals surface area contributed by atoms with Gasteiger partial charge >= 0.3 is 66.0 Å². The van der Waals surface area contributed by atoms with Gasteiger partial charge in [-0.2, -0.15) is 0 Å². The molecule has 57 heavy (non-hydrogen) atoms. The average molecular weight is 944 g/mol. The molecule has 0 spiro atoms. The Labute approximate surface area is 333 Å². The molecule has 6 aromatic heterocycles. The van der Waals surface area contributed by atoms with Gasteiger partial charge in [0.1, 0.15) is 0 Å². The molecule has 0 atom stereocenters. The Bertz CT molecular complexity index is 1860. The zero-order valence-electron chi connectivity index (χ0n) is 30.9. The minimum Gasteiger partial charge on any atom is 0 e. The third-order valence-electron chi connectivity index (χ3n) is 6.28. The van der Waals surface area contributed by atoms with E-state index in [1.807, 2.05) is 110 Å². The van der Waals surface area contributed by atoms with Crippen molar-refractivity contribution in [3.63, 3.8) is 0 Å². The van der Waals surface area contributed by atoms with Gasteiger partial charge in [-0.25, -0.2) is 0 Å². The first-order chi connectivity index (χ1) is 25.2.